The summed E-state index contributed by atoms with van der Waals surface area (Å²) in [4.78, 5) is 11.4. The third kappa shape index (κ3) is 2.88. The van der Waals surface area contributed by atoms with Crippen LogP contribution in [0.15, 0.2) is 12.4 Å². The van der Waals surface area contributed by atoms with Gasteiger partial charge in [0.15, 0.2) is 0 Å². The molecule has 0 saturated carbocycles. The lowest BCUT2D eigenvalue weighted by molar-refractivity contribution is 0.0514. The summed E-state index contributed by atoms with van der Waals surface area (Å²) in [6.07, 6.45) is 2.18. The van der Waals surface area contributed by atoms with Gasteiger partial charge in [0, 0.05) is 12.4 Å². The summed E-state index contributed by atoms with van der Waals surface area (Å²) in [5.41, 5.74) is -0.0950. The van der Waals surface area contributed by atoms with Crippen LogP contribution in [0, 0.1) is 0 Å². The van der Waals surface area contributed by atoms with Crippen molar-refractivity contribution in [1.29, 1.82) is 0 Å². The predicted molar refractivity (Wildman–Crippen MR) is 51.5 cm³/mol. The fourth-order valence-corrected chi connectivity index (χ4v) is 0.812. The van der Waals surface area contributed by atoms with E-state index in [2.05, 4.69) is 5.10 Å². The molecule has 5 nitrogen and oxygen atoms in total. The van der Waals surface area contributed by atoms with Gasteiger partial charge >= 0.3 is 13.6 Å². The summed E-state index contributed by atoms with van der Waals surface area (Å²) >= 11 is 0. The minimum Gasteiger partial charge on any atom is -0.450 e. The van der Waals surface area contributed by atoms with Crippen molar-refractivity contribution in [2.45, 2.75) is 26.4 Å². The standard InChI is InChI=1S/C8H12BN2O3/c1-8(2,3)14-7(12)11-5-6(9-13)4-10-11/h4-5,13H,1-3H3. The van der Waals surface area contributed by atoms with E-state index in [1.54, 1.807) is 20.8 Å². The molecule has 0 aliphatic carbocycles. The van der Waals surface area contributed by atoms with Crippen LogP contribution in [0.3, 0.4) is 0 Å². The monoisotopic (exact) mass is 195 g/mol. The molecule has 0 aliphatic rings. The topological polar surface area (TPSA) is 64.3 Å². The van der Waals surface area contributed by atoms with Crippen molar-refractivity contribution >= 4 is 19.0 Å². The number of nitrogens with zero attached hydrogens (tertiary/aromatic N) is 2. The van der Waals surface area contributed by atoms with Crippen molar-refractivity contribution in [3.05, 3.63) is 12.4 Å². The van der Waals surface area contributed by atoms with E-state index in [-0.39, 0.29) is 0 Å². The molecule has 1 radical (unpaired) electrons. The first kappa shape index (κ1) is 10.8. The summed E-state index contributed by atoms with van der Waals surface area (Å²) < 4.78 is 6.08. The molecule has 1 aromatic rings. The Balaban J connectivity index is 2.70. The lowest BCUT2D eigenvalue weighted by Gasteiger charge is -2.18. The first-order chi connectivity index (χ1) is 6.42. The van der Waals surface area contributed by atoms with Gasteiger partial charge in [0.25, 0.3) is 0 Å². The van der Waals surface area contributed by atoms with Crippen molar-refractivity contribution in [2.75, 3.05) is 0 Å². The maximum absolute atomic E-state index is 11.4. The molecule has 0 aliphatic heterocycles. The van der Waals surface area contributed by atoms with Crippen molar-refractivity contribution in [3.8, 4) is 0 Å². The van der Waals surface area contributed by atoms with E-state index in [0.29, 0.717) is 5.46 Å². The van der Waals surface area contributed by atoms with E-state index in [4.69, 9.17) is 9.76 Å². The fourth-order valence-electron chi connectivity index (χ4n) is 0.812. The number of ether oxygens (including phenoxy) is 1. The van der Waals surface area contributed by atoms with E-state index < -0.39 is 11.7 Å². The first-order valence-electron chi connectivity index (χ1n) is 4.18. The molecule has 0 spiro atoms. The molecule has 1 N–H and O–H groups in total. The van der Waals surface area contributed by atoms with Gasteiger partial charge in [-0.1, -0.05) is 0 Å². The molecule has 0 saturated heterocycles. The lowest BCUT2D eigenvalue weighted by atomic mass is 9.93. The lowest BCUT2D eigenvalue weighted by Crippen LogP contribution is -2.27. The Bertz CT molecular complexity index is 330. The molecule has 0 unspecified atom stereocenters. The van der Waals surface area contributed by atoms with Crippen LogP contribution in [-0.4, -0.2) is 34.0 Å². The SMILES string of the molecule is CC(C)(C)OC(=O)n1cc([B]O)cn1. The molecule has 0 fully saturated rings. The molecule has 0 atom stereocenters. The molecule has 0 bridgehead atoms. The molecule has 0 aromatic carbocycles. The minimum atomic E-state index is -0.564. The Morgan fingerprint density at radius 3 is 2.71 bits per heavy atom. The van der Waals surface area contributed by atoms with Gasteiger partial charge in [-0.15, -0.1) is 0 Å². The quantitative estimate of drug-likeness (QED) is 0.635. The van der Waals surface area contributed by atoms with Gasteiger partial charge in [-0.2, -0.15) is 9.78 Å². The van der Waals surface area contributed by atoms with Crippen LogP contribution in [0.2, 0.25) is 0 Å². The van der Waals surface area contributed by atoms with Gasteiger partial charge < -0.3 is 9.76 Å². The van der Waals surface area contributed by atoms with Gasteiger partial charge in [0.2, 0.25) is 0 Å². The second-order valence-corrected chi connectivity index (χ2v) is 3.83. The number of rotatable bonds is 1. The van der Waals surface area contributed by atoms with Crippen LogP contribution in [-0.2, 0) is 4.74 Å². The number of aromatic nitrogens is 2. The van der Waals surface area contributed by atoms with E-state index in [0.717, 1.165) is 12.2 Å². The molecule has 0 amide bonds. The Morgan fingerprint density at radius 1 is 1.64 bits per heavy atom. The first-order valence-corrected chi connectivity index (χ1v) is 4.18. The molecule has 6 heteroatoms. The second kappa shape index (κ2) is 3.83. The third-order valence-corrected chi connectivity index (χ3v) is 1.33. The highest BCUT2D eigenvalue weighted by Crippen LogP contribution is 2.07. The largest absolute Gasteiger partial charge is 0.450 e. The van der Waals surface area contributed by atoms with E-state index in [1.807, 2.05) is 0 Å². The zero-order chi connectivity index (χ0) is 10.8. The van der Waals surface area contributed by atoms with Crippen LogP contribution in [0.5, 0.6) is 0 Å². The summed E-state index contributed by atoms with van der Waals surface area (Å²) in [5, 5.41) is 12.4. The van der Waals surface area contributed by atoms with Gasteiger partial charge in [0.1, 0.15) is 5.60 Å². The van der Waals surface area contributed by atoms with Crippen molar-refractivity contribution < 1.29 is 14.6 Å². The smallest absolute Gasteiger partial charge is 0.435 e. The summed E-state index contributed by atoms with van der Waals surface area (Å²) in [7, 11) is 0.869. The highest BCUT2D eigenvalue weighted by molar-refractivity contribution is 6.45. The van der Waals surface area contributed by atoms with Gasteiger partial charge in [0.05, 0.1) is 0 Å². The van der Waals surface area contributed by atoms with Gasteiger partial charge in [-0.3, -0.25) is 0 Å². The van der Waals surface area contributed by atoms with E-state index in [9.17, 15) is 4.79 Å². The summed E-state index contributed by atoms with van der Waals surface area (Å²) in [6, 6.07) is 0. The fraction of sp³-hybridized carbons (Fsp3) is 0.500. The third-order valence-electron chi connectivity index (χ3n) is 1.33. The normalized spacial score (nSPS) is 11.1. The zero-order valence-electron chi connectivity index (χ0n) is 8.39. The highest BCUT2D eigenvalue weighted by Gasteiger charge is 2.18. The number of hydrogen-bond donors (Lipinski definition) is 1. The van der Waals surface area contributed by atoms with Crippen molar-refractivity contribution in [3.63, 3.8) is 0 Å². The molecule has 1 rings (SSSR count). The van der Waals surface area contributed by atoms with Crippen LogP contribution in [0.4, 0.5) is 4.79 Å². The molecule has 75 valence electrons. The number of carbonyl (C=O) groups excluding carboxylic acids is 1. The summed E-state index contributed by atoms with van der Waals surface area (Å²) in [6.45, 7) is 5.31. The van der Waals surface area contributed by atoms with Crippen LogP contribution >= 0.6 is 0 Å². The Kier molecular flexibility index (Phi) is 2.95. The zero-order valence-corrected chi connectivity index (χ0v) is 8.39. The Morgan fingerprint density at radius 2 is 2.29 bits per heavy atom. The molecular weight excluding hydrogens is 183 g/mol. The van der Waals surface area contributed by atoms with Crippen LogP contribution < -0.4 is 5.46 Å². The maximum atomic E-state index is 11.4. The average molecular weight is 195 g/mol. The molecule has 1 aromatic heterocycles. The number of carbonyl (C=O) groups is 1. The Hall–Kier alpha value is -1.30. The van der Waals surface area contributed by atoms with E-state index >= 15 is 0 Å². The second-order valence-electron chi connectivity index (χ2n) is 3.83. The van der Waals surface area contributed by atoms with Gasteiger partial charge in [-0.25, -0.2) is 4.79 Å². The van der Waals surface area contributed by atoms with E-state index in [1.165, 1.54) is 12.4 Å². The van der Waals surface area contributed by atoms with Crippen molar-refractivity contribution in [1.82, 2.24) is 9.78 Å². The van der Waals surface area contributed by atoms with Crippen LogP contribution in [0.25, 0.3) is 0 Å². The molecule has 14 heavy (non-hydrogen) atoms. The average Bonchev–Trinajstić information content (AvgIpc) is 2.48. The predicted octanol–water partition coefficient (Wildman–Crippen LogP) is -0.0969. The highest BCUT2D eigenvalue weighted by atomic mass is 16.6. The van der Waals surface area contributed by atoms with Crippen molar-refractivity contribution in [2.24, 2.45) is 0 Å². The van der Waals surface area contributed by atoms with Crippen LogP contribution in [0.1, 0.15) is 20.8 Å². The molecule has 1 heterocycles. The van der Waals surface area contributed by atoms with Gasteiger partial charge in [-0.05, 0) is 26.2 Å². The maximum Gasteiger partial charge on any atom is 0.435 e. The Labute approximate surface area is 83.0 Å². The number of hydrogen-bond acceptors (Lipinski definition) is 4. The minimum absolute atomic E-state index is 0.454. The summed E-state index contributed by atoms with van der Waals surface area (Å²) in [5.74, 6) is 0. The molecular formula is C8H12BN2O3.